The third-order valence-corrected chi connectivity index (χ3v) is 27.5. The van der Waals surface area contributed by atoms with Gasteiger partial charge in [0, 0.05) is 133 Å². The standard InChI is InChI=1S/C46H30N4.C42H29N3.C42H28N2/c1-5-15-31(16-6-1)40-30-41(32-17-7-2-8-18-32)48-46(47-40)33-25-28-43-39(29-33)38-27-26-37-36-23-13-14-24-42(36)49(34-19-9-3-10-20-34)44(37)45(38)50(43)35-21-11-4-12-22-35;1-4-14-30(15-5-1)43(31-16-6-2-7-17-31)33-24-26-34(27-25-33)45-38-23-13-11-21-36(38)42-40(45)29-28-39-41(42)35-20-10-12-22-37(35)44(39)32-18-8-3-9-19-32;1-3-11-29(12-4-1)31-19-23-33(24-20-31)43-39-17-9-7-15-35(39)37-27-38-36-16-8-10-18-40(36)44(42(38)28-41(37)43)34-25-21-32(22-26-34)30-13-5-2-6-14-30/h1-30H;1-29H;1-28H. The number of anilines is 3. The second-order valence-electron chi connectivity index (χ2n) is 35.5. The summed E-state index contributed by atoms with van der Waals surface area (Å²) in [6, 6.07) is 189. The number of fused-ring (bicyclic) bond motifs is 20. The van der Waals surface area contributed by atoms with Gasteiger partial charge in [-0.1, -0.05) is 340 Å². The second-order valence-corrected chi connectivity index (χ2v) is 35.5. The van der Waals surface area contributed by atoms with E-state index in [0.717, 1.165) is 84.5 Å². The number of hydrogen-bond donors (Lipinski definition) is 0. The van der Waals surface area contributed by atoms with Gasteiger partial charge in [-0.25, -0.2) is 9.97 Å². The van der Waals surface area contributed by atoms with Crippen LogP contribution in [0.15, 0.2) is 528 Å². The lowest BCUT2D eigenvalue weighted by atomic mass is 10.0. The largest absolute Gasteiger partial charge is 0.311 e. The van der Waals surface area contributed by atoms with Crippen molar-refractivity contribution in [3.8, 4) is 90.3 Å². The SMILES string of the molecule is c1ccc(-c2cc(-c3ccccc3)nc(-c3ccc4c(c3)c3ccc5c6ccccc6n(-c6ccccc6)c5c3n4-c3ccccc3)n2)cc1.c1ccc(-c2ccc(-n3c4ccccc4c4cc5c6ccccc6n(-c6ccc(-c7ccccc7)cc6)c5cc43)cc2)cc1.c1ccc(N(c2ccccc2)c2ccc(-n3c4ccccc4c4c5c6ccccc6n(-c6ccccc6)c5ccc43)cc2)cc1. The lowest BCUT2D eigenvalue weighted by molar-refractivity contribution is 1.15. The van der Waals surface area contributed by atoms with Crippen molar-refractivity contribution in [1.29, 1.82) is 0 Å². The molecular weight excluding hydrogens is 1690 g/mol. The quantitative estimate of drug-likeness (QED) is 0.109. The molecule has 0 aliphatic heterocycles. The zero-order valence-electron chi connectivity index (χ0n) is 75.8. The van der Waals surface area contributed by atoms with Gasteiger partial charge in [-0.3, -0.25) is 0 Å². The summed E-state index contributed by atoms with van der Waals surface area (Å²) in [5.74, 6) is 0.701. The van der Waals surface area contributed by atoms with Crippen molar-refractivity contribution in [2.24, 2.45) is 0 Å². The number of para-hydroxylation sites is 10. The molecule has 7 aromatic heterocycles. The van der Waals surface area contributed by atoms with Crippen molar-refractivity contribution < 1.29 is 0 Å². The summed E-state index contributed by atoms with van der Waals surface area (Å²) in [5, 5.41) is 15.0. The Morgan fingerprint density at radius 1 is 0.144 bits per heavy atom. The van der Waals surface area contributed by atoms with Gasteiger partial charge >= 0.3 is 0 Å². The monoisotopic (exact) mass is 1770 g/mol. The first-order valence-corrected chi connectivity index (χ1v) is 47.4. The maximum absolute atomic E-state index is 5.16. The molecule has 0 saturated carbocycles. The van der Waals surface area contributed by atoms with Crippen LogP contribution in [0.5, 0.6) is 0 Å². The molecule has 0 radical (unpaired) electrons. The predicted molar refractivity (Wildman–Crippen MR) is 583 cm³/mol. The second kappa shape index (κ2) is 34.4. The molecule has 28 aromatic rings. The van der Waals surface area contributed by atoms with Gasteiger partial charge in [0.15, 0.2) is 5.82 Å². The summed E-state index contributed by atoms with van der Waals surface area (Å²) in [7, 11) is 0. The van der Waals surface area contributed by atoms with Crippen LogP contribution in [-0.2, 0) is 0 Å². The van der Waals surface area contributed by atoms with Crippen LogP contribution in [0.25, 0.3) is 221 Å². The van der Waals surface area contributed by atoms with Crippen molar-refractivity contribution in [1.82, 2.24) is 37.4 Å². The Balaban J connectivity index is 0.000000108. The molecule has 0 spiro atoms. The van der Waals surface area contributed by atoms with E-state index in [9.17, 15) is 0 Å². The van der Waals surface area contributed by atoms with Gasteiger partial charge in [0.25, 0.3) is 0 Å². The molecule has 0 atom stereocenters. The lowest BCUT2D eigenvalue weighted by Crippen LogP contribution is -2.09. The fourth-order valence-electron chi connectivity index (χ4n) is 21.3. The number of aromatic nitrogens is 8. The average Bonchev–Trinajstić information content (AvgIpc) is 1.54. The van der Waals surface area contributed by atoms with Gasteiger partial charge in [0.05, 0.1) is 77.6 Å². The van der Waals surface area contributed by atoms with Crippen molar-refractivity contribution in [2.45, 2.75) is 0 Å². The zero-order valence-corrected chi connectivity index (χ0v) is 75.8. The fourth-order valence-corrected chi connectivity index (χ4v) is 21.3. The van der Waals surface area contributed by atoms with E-state index < -0.39 is 0 Å². The third kappa shape index (κ3) is 14.1. The van der Waals surface area contributed by atoms with E-state index in [1.54, 1.807) is 0 Å². The smallest absolute Gasteiger partial charge is 0.160 e. The van der Waals surface area contributed by atoms with E-state index >= 15 is 0 Å². The van der Waals surface area contributed by atoms with Gasteiger partial charge in [0.1, 0.15) is 0 Å². The molecule has 0 bridgehead atoms. The Kier molecular flexibility index (Phi) is 20.1. The molecule has 0 saturated heterocycles. The van der Waals surface area contributed by atoms with E-state index in [4.69, 9.17) is 9.97 Å². The van der Waals surface area contributed by atoms with Crippen LogP contribution >= 0.6 is 0 Å². The molecule has 0 N–H and O–H groups in total. The van der Waals surface area contributed by atoms with Crippen LogP contribution < -0.4 is 4.90 Å². The van der Waals surface area contributed by atoms with Crippen molar-refractivity contribution in [2.75, 3.05) is 4.90 Å². The Morgan fingerprint density at radius 2 is 0.403 bits per heavy atom. The molecule has 28 rings (SSSR count). The first-order valence-electron chi connectivity index (χ1n) is 47.4. The fraction of sp³-hybridized carbons (Fsp3) is 0. The molecule has 9 nitrogen and oxygen atoms in total. The summed E-state index contributed by atoms with van der Waals surface area (Å²) in [5.41, 5.74) is 34.4. The van der Waals surface area contributed by atoms with E-state index in [2.05, 4.69) is 548 Å². The van der Waals surface area contributed by atoms with E-state index in [1.807, 2.05) is 12.1 Å². The molecular formula is C130H87N9. The Morgan fingerprint density at radius 3 is 0.806 bits per heavy atom. The minimum Gasteiger partial charge on any atom is -0.311 e. The molecule has 139 heavy (non-hydrogen) atoms. The molecule has 0 aliphatic carbocycles. The van der Waals surface area contributed by atoms with Crippen LogP contribution in [0.1, 0.15) is 0 Å². The molecule has 652 valence electrons. The number of benzene rings is 21. The van der Waals surface area contributed by atoms with Gasteiger partial charge < -0.3 is 32.3 Å². The third-order valence-electron chi connectivity index (χ3n) is 27.5. The first-order chi connectivity index (χ1) is 69.0. The summed E-state index contributed by atoms with van der Waals surface area (Å²) < 4.78 is 14.5. The van der Waals surface area contributed by atoms with Gasteiger partial charge in [-0.05, 0) is 210 Å². The van der Waals surface area contributed by atoms with E-state index in [1.165, 1.54) is 148 Å². The highest BCUT2D eigenvalue weighted by Gasteiger charge is 2.27. The van der Waals surface area contributed by atoms with Gasteiger partial charge in [-0.2, -0.15) is 0 Å². The van der Waals surface area contributed by atoms with Crippen LogP contribution in [-0.4, -0.2) is 37.4 Å². The Labute approximate surface area is 802 Å². The normalized spacial score (nSPS) is 11.6. The van der Waals surface area contributed by atoms with Crippen molar-refractivity contribution >= 4 is 148 Å². The summed E-state index contributed by atoms with van der Waals surface area (Å²) in [6.07, 6.45) is 0. The van der Waals surface area contributed by atoms with E-state index in [0.29, 0.717) is 5.82 Å². The highest BCUT2D eigenvalue weighted by Crippen LogP contribution is 2.48. The van der Waals surface area contributed by atoms with Gasteiger partial charge in [-0.15, -0.1) is 0 Å². The summed E-state index contributed by atoms with van der Waals surface area (Å²) >= 11 is 0. The maximum atomic E-state index is 5.16. The van der Waals surface area contributed by atoms with E-state index in [-0.39, 0.29) is 0 Å². The highest BCUT2D eigenvalue weighted by molar-refractivity contribution is 6.30. The van der Waals surface area contributed by atoms with Crippen LogP contribution in [0.2, 0.25) is 0 Å². The summed E-state index contributed by atoms with van der Waals surface area (Å²) in [6.45, 7) is 0. The zero-order chi connectivity index (χ0) is 91.8. The first kappa shape index (κ1) is 81.1. The molecule has 0 amide bonds. The minimum absolute atomic E-state index is 0.701. The van der Waals surface area contributed by atoms with Gasteiger partial charge in [0.2, 0.25) is 0 Å². The molecule has 0 aliphatic rings. The highest BCUT2D eigenvalue weighted by atomic mass is 15.1. The maximum Gasteiger partial charge on any atom is 0.160 e. The summed E-state index contributed by atoms with van der Waals surface area (Å²) in [4.78, 5) is 12.6. The van der Waals surface area contributed by atoms with Crippen LogP contribution in [0.3, 0.4) is 0 Å². The molecule has 0 unspecified atom stereocenters. The minimum atomic E-state index is 0.701. The van der Waals surface area contributed by atoms with Crippen molar-refractivity contribution in [3.05, 3.63) is 528 Å². The average molecular weight is 1780 g/mol. The lowest BCUT2D eigenvalue weighted by Gasteiger charge is -2.25. The molecule has 21 aromatic carbocycles. The molecule has 7 heterocycles. The van der Waals surface area contributed by atoms with Crippen molar-refractivity contribution in [3.63, 3.8) is 0 Å². The number of hydrogen-bond acceptors (Lipinski definition) is 3. The Hall–Kier alpha value is -18.7. The molecule has 9 heteroatoms. The van der Waals surface area contributed by atoms with Crippen LogP contribution in [0.4, 0.5) is 17.1 Å². The van der Waals surface area contributed by atoms with Crippen LogP contribution in [0, 0.1) is 0 Å². The molecule has 0 fully saturated rings. The number of nitrogens with zero attached hydrogens (tertiary/aromatic N) is 9. The topological polar surface area (TPSA) is 58.6 Å². The predicted octanol–water partition coefficient (Wildman–Crippen LogP) is 34.2. The number of rotatable bonds is 14. The Bertz CT molecular complexity index is 9220.